The van der Waals surface area contributed by atoms with Gasteiger partial charge in [0.25, 0.3) is 0 Å². The topological polar surface area (TPSA) is 97.7 Å². The molecule has 0 bridgehead atoms. The molecular weight excluding hydrogens is 281 g/mol. The minimum absolute atomic E-state index is 0. The third-order valence-corrected chi connectivity index (χ3v) is 3.30. The average Bonchev–Trinajstić information content (AvgIpc) is 2.51. The Morgan fingerprint density at radius 1 is 1.10 bits per heavy atom. The van der Waals surface area contributed by atoms with Gasteiger partial charge in [0.05, 0.1) is 11.9 Å². The van der Waals surface area contributed by atoms with Crippen molar-refractivity contribution in [2.45, 2.75) is 25.7 Å². The zero-order valence-corrected chi connectivity index (χ0v) is 12.9. The summed E-state index contributed by atoms with van der Waals surface area (Å²) in [4.78, 5) is 0. The van der Waals surface area contributed by atoms with E-state index in [-0.39, 0.29) is 4.70 Å². The fraction of sp³-hybridized carbons (Fsp3) is 0.846. The fourth-order valence-electron chi connectivity index (χ4n) is 2.08. The molecular formula is C13H27ClFN5. The Kier molecular flexibility index (Phi) is 15.5. The molecule has 5 N–H and O–H groups in total. The Morgan fingerprint density at radius 3 is 1.75 bits per heavy atom. The Labute approximate surface area is 126 Å². The summed E-state index contributed by atoms with van der Waals surface area (Å²) >= 11 is 4.64. The number of nitrogens with zero attached hydrogens (tertiary/aromatic N) is 1. The van der Waals surface area contributed by atoms with Crippen LogP contribution in [0.3, 0.4) is 0 Å². The molecule has 2 aliphatic heterocycles. The van der Waals surface area contributed by atoms with E-state index >= 15 is 0 Å². The number of hydrogen-bond acceptors (Lipinski definition) is 4. The molecule has 0 atom stereocenters. The summed E-state index contributed by atoms with van der Waals surface area (Å²) in [6.07, 6.45) is 5.62. The van der Waals surface area contributed by atoms with Gasteiger partial charge in [0.1, 0.15) is 0 Å². The van der Waals surface area contributed by atoms with E-state index in [0.717, 1.165) is 51.9 Å². The third kappa shape index (κ3) is 9.96. The van der Waals surface area contributed by atoms with E-state index in [0.29, 0.717) is 17.7 Å². The number of alkyl halides is 1. The van der Waals surface area contributed by atoms with Crippen molar-refractivity contribution in [1.29, 1.82) is 10.7 Å². The molecule has 2 rings (SSSR count). The highest BCUT2D eigenvalue weighted by molar-refractivity contribution is 6.15. The van der Waals surface area contributed by atoms with Crippen LogP contribution in [0.25, 0.3) is 0 Å². The molecule has 2 aliphatic rings. The summed E-state index contributed by atoms with van der Waals surface area (Å²) < 4.78 is 0. The van der Waals surface area contributed by atoms with Gasteiger partial charge in [-0.25, -0.2) is 0 Å². The summed E-state index contributed by atoms with van der Waals surface area (Å²) in [6, 6.07) is 2.26. The van der Waals surface area contributed by atoms with Gasteiger partial charge in [-0.3, -0.25) is 10.1 Å². The van der Waals surface area contributed by atoms with Crippen molar-refractivity contribution in [3.8, 4) is 6.07 Å². The summed E-state index contributed by atoms with van der Waals surface area (Å²) in [5.74, 6) is 1.04. The van der Waals surface area contributed by atoms with Gasteiger partial charge in [-0.05, 0) is 51.9 Å². The molecule has 0 aromatic carbocycles. The zero-order valence-electron chi connectivity index (χ0n) is 12.1. The number of piperidine rings is 2. The standard InChI is InChI=1S/C6H13N3.C6H10N2.CH3Cl.FH/c7-6(8)5-1-3-9-4-2-5;7-5-6-1-3-8-4-2-6;1-2;/h5,9H,1-4H2,(H3,7,8);6,8H,1-4H2;1H3;1H. The summed E-state index contributed by atoms with van der Waals surface area (Å²) in [7, 11) is 0. The van der Waals surface area contributed by atoms with E-state index in [4.69, 9.17) is 16.4 Å². The lowest BCUT2D eigenvalue weighted by Crippen LogP contribution is -2.34. The van der Waals surface area contributed by atoms with Crippen LogP contribution in [0.5, 0.6) is 0 Å². The van der Waals surface area contributed by atoms with Crippen LogP contribution in [0.1, 0.15) is 25.7 Å². The van der Waals surface area contributed by atoms with Crippen LogP contribution < -0.4 is 16.4 Å². The maximum Gasteiger partial charge on any atom is 0.0937 e. The highest BCUT2D eigenvalue weighted by Crippen LogP contribution is 2.09. The van der Waals surface area contributed by atoms with E-state index in [1.165, 1.54) is 6.38 Å². The normalized spacial score (nSPS) is 19.1. The predicted octanol–water partition coefficient (Wildman–Crippen LogP) is 1.44. The number of nitrogens with one attached hydrogen (secondary N) is 3. The van der Waals surface area contributed by atoms with Gasteiger partial charge in [-0.2, -0.15) is 5.26 Å². The van der Waals surface area contributed by atoms with Crippen LogP contribution >= 0.6 is 11.6 Å². The molecule has 118 valence electrons. The van der Waals surface area contributed by atoms with Crippen molar-refractivity contribution in [2.24, 2.45) is 17.6 Å². The Hall–Kier alpha value is -0.900. The lowest BCUT2D eigenvalue weighted by molar-refractivity contribution is 0.444. The average molecular weight is 308 g/mol. The second-order valence-corrected chi connectivity index (χ2v) is 4.63. The van der Waals surface area contributed by atoms with Gasteiger partial charge >= 0.3 is 0 Å². The Bertz CT molecular complexity index is 270. The molecule has 0 spiro atoms. The van der Waals surface area contributed by atoms with Crippen molar-refractivity contribution >= 4 is 17.4 Å². The number of halogens is 2. The minimum Gasteiger partial charge on any atom is -0.387 e. The van der Waals surface area contributed by atoms with Gasteiger partial charge in [-0.15, -0.1) is 11.6 Å². The molecule has 0 radical (unpaired) electrons. The lowest BCUT2D eigenvalue weighted by atomic mass is 9.97. The summed E-state index contributed by atoms with van der Waals surface area (Å²) in [5.41, 5.74) is 5.32. The predicted molar refractivity (Wildman–Crippen MR) is 83.0 cm³/mol. The van der Waals surface area contributed by atoms with Crippen molar-refractivity contribution in [3.63, 3.8) is 0 Å². The number of rotatable bonds is 1. The van der Waals surface area contributed by atoms with Crippen molar-refractivity contribution < 1.29 is 4.70 Å². The second-order valence-electron chi connectivity index (χ2n) is 4.63. The van der Waals surface area contributed by atoms with Crippen molar-refractivity contribution in [3.05, 3.63) is 0 Å². The summed E-state index contributed by atoms with van der Waals surface area (Å²) in [6.45, 7) is 4.09. The number of nitrogens with two attached hydrogens (primary N) is 1. The smallest absolute Gasteiger partial charge is 0.0937 e. The summed E-state index contributed by atoms with van der Waals surface area (Å²) in [5, 5.41) is 22.0. The van der Waals surface area contributed by atoms with Crippen LogP contribution in [0.2, 0.25) is 0 Å². The van der Waals surface area contributed by atoms with Crippen molar-refractivity contribution in [1.82, 2.24) is 10.6 Å². The Morgan fingerprint density at radius 2 is 1.50 bits per heavy atom. The first-order valence-corrected chi connectivity index (χ1v) is 7.52. The van der Waals surface area contributed by atoms with Gasteiger partial charge in [0.15, 0.2) is 0 Å². The molecule has 0 unspecified atom stereocenters. The van der Waals surface area contributed by atoms with Gasteiger partial charge < -0.3 is 16.4 Å². The van der Waals surface area contributed by atoms with E-state index in [2.05, 4.69) is 28.3 Å². The molecule has 0 aliphatic carbocycles. The first kappa shape index (κ1) is 21.4. The first-order chi connectivity index (χ1) is 9.24. The van der Waals surface area contributed by atoms with E-state index < -0.39 is 0 Å². The van der Waals surface area contributed by atoms with E-state index in [9.17, 15) is 0 Å². The minimum atomic E-state index is 0. The highest BCUT2D eigenvalue weighted by atomic mass is 35.5. The molecule has 0 aromatic heterocycles. The maximum atomic E-state index is 8.41. The van der Waals surface area contributed by atoms with Gasteiger partial charge in [0, 0.05) is 18.2 Å². The van der Waals surface area contributed by atoms with Gasteiger partial charge in [0.2, 0.25) is 0 Å². The monoisotopic (exact) mass is 307 g/mol. The number of nitriles is 1. The first-order valence-electron chi connectivity index (χ1n) is 6.76. The van der Waals surface area contributed by atoms with E-state index in [1.807, 2.05) is 0 Å². The number of hydrogen-bond donors (Lipinski definition) is 4. The zero-order chi connectivity index (χ0) is 14.5. The molecule has 2 heterocycles. The van der Waals surface area contributed by atoms with Gasteiger partial charge in [-0.1, -0.05) is 0 Å². The number of amidine groups is 1. The van der Waals surface area contributed by atoms with Crippen LogP contribution in [0, 0.1) is 28.6 Å². The molecule has 5 nitrogen and oxygen atoms in total. The third-order valence-electron chi connectivity index (χ3n) is 3.30. The maximum absolute atomic E-state index is 8.41. The second kappa shape index (κ2) is 14.5. The largest absolute Gasteiger partial charge is 0.387 e. The van der Waals surface area contributed by atoms with Crippen LogP contribution in [0.15, 0.2) is 0 Å². The highest BCUT2D eigenvalue weighted by Gasteiger charge is 2.14. The lowest BCUT2D eigenvalue weighted by Gasteiger charge is -2.20. The molecule has 0 amide bonds. The fourth-order valence-corrected chi connectivity index (χ4v) is 2.08. The molecule has 20 heavy (non-hydrogen) atoms. The molecule has 2 saturated heterocycles. The molecule has 7 heteroatoms. The van der Waals surface area contributed by atoms with Crippen molar-refractivity contribution in [2.75, 3.05) is 32.6 Å². The molecule has 2 fully saturated rings. The SMILES string of the molecule is CCl.F.N#CC1CCNCC1.N=C(N)C1CCNCC1. The molecule has 0 aromatic rings. The quantitative estimate of drug-likeness (QED) is 0.335. The Balaban J connectivity index is 0. The van der Waals surface area contributed by atoms with Crippen LogP contribution in [0.4, 0.5) is 4.70 Å². The van der Waals surface area contributed by atoms with Crippen LogP contribution in [-0.4, -0.2) is 38.4 Å². The van der Waals surface area contributed by atoms with E-state index in [1.54, 1.807) is 0 Å². The molecule has 0 saturated carbocycles. The van der Waals surface area contributed by atoms with Crippen LogP contribution in [-0.2, 0) is 0 Å².